The van der Waals surface area contributed by atoms with E-state index in [1.807, 2.05) is 0 Å². The maximum atomic E-state index is 12.7. The first-order valence-corrected chi connectivity index (χ1v) is 8.49. The number of amides is 1. The number of hydrogen-bond acceptors (Lipinski definition) is 3. The molecule has 0 aromatic carbocycles. The molecule has 3 rings (SSSR count). The molecule has 0 aliphatic carbocycles. The predicted molar refractivity (Wildman–Crippen MR) is 80.5 cm³/mol. The SMILES string of the molecule is CC(C(=O)N1CCCC1CN1CCCCC1)C1CNC1. The van der Waals surface area contributed by atoms with Crippen LogP contribution in [0.5, 0.6) is 0 Å². The molecule has 4 nitrogen and oxygen atoms in total. The summed E-state index contributed by atoms with van der Waals surface area (Å²) >= 11 is 0. The molecule has 114 valence electrons. The standard InChI is InChI=1S/C16H29N3O/c1-13(14-10-17-11-14)16(20)19-9-5-6-15(19)12-18-7-3-2-4-8-18/h13-15,17H,2-12H2,1H3. The maximum absolute atomic E-state index is 12.7. The Bertz CT molecular complexity index is 337. The first-order chi connectivity index (χ1) is 9.75. The molecule has 3 heterocycles. The highest BCUT2D eigenvalue weighted by atomic mass is 16.2. The summed E-state index contributed by atoms with van der Waals surface area (Å²) in [5.74, 6) is 1.19. The highest BCUT2D eigenvalue weighted by molar-refractivity contribution is 5.79. The van der Waals surface area contributed by atoms with Crippen molar-refractivity contribution >= 4 is 5.91 Å². The lowest BCUT2D eigenvalue weighted by Gasteiger charge is -2.37. The van der Waals surface area contributed by atoms with Crippen LogP contribution in [-0.2, 0) is 4.79 Å². The van der Waals surface area contributed by atoms with E-state index in [0.717, 1.165) is 26.2 Å². The Kier molecular flexibility index (Phi) is 4.61. The molecule has 20 heavy (non-hydrogen) atoms. The highest BCUT2D eigenvalue weighted by Gasteiger charge is 2.36. The fraction of sp³-hybridized carbons (Fsp3) is 0.938. The molecule has 1 amide bonds. The van der Waals surface area contributed by atoms with Crippen LogP contribution in [0.2, 0.25) is 0 Å². The van der Waals surface area contributed by atoms with E-state index in [4.69, 9.17) is 0 Å². The van der Waals surface area contributed by atoms with Gasteiger partial charge < -0.3 is 15.1 Å². The second-order valence-corrected chi connectivity index (χ2v) is 6.90. The fourth-order valence-electron chi connectivity index (χ4n) is 3.88. The first kappa shape index (κ1) is 14.3. The normalized spacial score (nSPS) is 30.2. The molecular weight excluding hydrogens is 250 g/mol. The Hall–Kier alpha value is -0.610. The quantitative estimate of drug-likeness (QED) is 0.843. The molecule has 4 heteroatoms. The Labute approximate surface area is 122 Å². The Balaban J connectivity index is 1.55. The van der Waals surface area contributed by atoms with E-state index in [1.54, 1.807) is 0 Å². The van der Waals surface area contributed by atoms with Crippen LogP contribution in [-0.4, -0.2) is 61.0 Å². The maximum Gasteiger partial charge on any atom is 0.226 e. The zero-order valence-corrected chi connectivity index (χ0v) is 12.8. The van der Waals surface area contributed by atoms with Crippen LogP contribution in [0, 0.1) is 11.8 Å². The first-order valence-electron chi connectivity index (χ1n) is 8.49. The van der Waals surface area contributed by atoms with E-state index in [0.29, 0.717) is 17.9 Å². The summed E-state index contributed by atoms with van der Waals surface area (Å²) in [6.07, 6.45) is 6.46. The van der Waals surface area contributed by atoms with Gasteiger partial charge in [-0.25, -0.2) is 0 Å². The molecule has 3 aliphatic rings. The van der Waals surface area contributed by atoms with Gasteiger partial charge in [0.05, 0.1) is 0 Å². The molecule has 1 N–H and O–H groups in total. The van der Waals surface area contributed by atoms with E-state index >= 15 is 0 Å². The van der Waals surface area contributed by atoms with Crippen molar-refractivity contribution in [2.45, 2.75) is 45.1 Å². The molecule has 3 saturated heterocycles. The van der Waals surface area contributed by atoms with Crippen molar-refractivity contribution in [3.05, 3.63) is 0 Å². The second-order valence-electron chi connectivity index (χ2n) is 6.90. The Morgan fingerprint density at radius 2 is 1.90 bits per heavy atom. The molecule has 0 aromatic heterocycles. The summed E-state index contributed by atoms with van der Waals surface area (Å²) < 4.78 is 0. The average molecular weight is 279 g/mol. The molecule has 3 aliphatic heterocycles. The summed E-state index contributed by atoms with van der Waals surface area (Å²) in [6, 6.07) is 0.482. The van der Waals surface area contributed by atoms with E-state index < -0.39 is 0 Å². The molecule has 2 atom stereocenters. The van der Waals surface area contributed by atoms with Crippen molar-refractivity contribution in [3.8, 4) is 0 Å². The third-order valence-electron chi connectivity index (χ3n) is 5.49. The van der Waals surface area contributed by atoms with Gasteiger partial charge >= 0.3 is 0 Å². The zero-order chi connectivity index (χ0) is 13.9. The largest absolute Gasteiger partial charge is 0.338 e. The summed E-state index contributed by atoms with van der Waals surface area (Å²) in [4.78, 5) is 17.5. The fourth-order valence-corrected chi connectivity index (χ4v) is 3.88. The van der Waals surface area contributed by atoms with Crippen molar-refractivity contribution in [1.82, 2.24) is 15.1 Å². The second kappa shape index (κ2) is 6.44. The van der Waals surface area contributed by atoms with Crippen LogP contribution in [0.4, 0.5) is 0 Å². The van der Waals surface area contributed by atoms with Crippen LogP contribution in [0.15, 0.2) is 0 Å². The van der Waals surface area contributed by atoms with Crippen LogP contribution in [0.25, 0.3) is 0 Å². The Morgan fingerprint density at radius 1 is 1.15 bits per heavy atom. The lowest BCUT2D eigenvalue weighted by molar-refractivity contribution is -0.138. The number of carbonyl (C=O) groups excluding carboxylic acids is 1. The van der Waals surface area contributed by atoms with Crippen molar-refractivity contribution < 1.29 is 4.79 Å². The molecule has 0 aromatic rings. The van der Waals surface area contributed by atoms with Gasteiger partial charge in [-0.15, -0.1) is 0 Å². The van der Waals surface area contributed by atoms with Crippen molar-refractivity contribution in [3.63, 3.8) is 0 Å². The lowest BCUT2D eigenvalue weighted by Crippen LogP contribution is -2.52. The van der Waals surface area contributed by atoms with Gasteiger partial charge in [0.2, 0.25) is 5.91 Å². The number of rotatable bonds is 4. The van der Waals surface area contributed by atoms with E-state index in [9.17, 15) is 4.79 Å². The minimum atomic E-state index is 0.207. The van der Waals surface area contributed by atoms with Crippen molar-refractivity contribution in [2.75, 3.05) is 39.3 Å². The highest BCUT2D eigenvalue weighted by Crippen LogP contribution is 2.25. The topological polar surface area (TPSA) is 35.6 Å². The van der Waals surface area contributed by atoms with Gasteiger partial charge in [-0.05, 0) is 57.8 Å². The van der Waals surface area contributed by atoms with Gasteiger partial charge in [0, 0.05) is 25.0 Å². The van der Waals surface area contributed by atoms with Crippen molar-refractivity contribution in [2.24, 2.45) is 11.8 Å². The van der Waals surface area contributed by atoms with Gasteiger partial charge in [0.1, 0.15) is 0 Å². The van der Waals surface area contributed by atoms with Crippen LogP contribution in [0.1, 0.15) is 39.0 Å². The van der Waals surface area contributed by atoms with Crippen LogP contribution >= 0.6 is 0 Å². The number of nitrogens with one attached hydrogen (secondary N) is 1. The smallest absolute Gasteiger partial charge is 0.226 e. The number of hydrogen-bond donors (Lipinski definition) is 1. The van der Waals surface area contributed by atoms with Crippen molar-refractivity contribution in [1.29, 1.82) is 0 Å². The van der Waals surface area contributed by atoms with E-state index in [1.165, 1.54) is 45.2 Å². The number of piperidine rings is 1. The third kappa shape index (κ3) is 3.01. The minimum absolute atomic E-state index is 0.207. The Morgan fingerprint density at radius 3 is 2.55 bits per heavy atom. The lowest BCUT2D eigenvalue weighted by atomic mass is 9.88. The van der Waals surface area contributed by atoms with Gasteiger partial charge in [-0.2, -0.15) is 0 Å². The third-order valence-corrected chi connectivity index (χ3v) is 5.49. The number of likely N-dealkylation sites (tertiary alicyclic amines) is 2. The zero-order valence-electron chi connectivity index (χ0n) is 12.8. The summed E-state index contributed by atoms with van der Waals surface area (Å²) in [7, 11) is 0. The van der Waals surface area contributed by atoms with Crippen LogP contribution < -0.4 is 5.32 Å². The van der Waals surface area contributed by atoms with Gasteiger partial charge in [0.15, 0.2) is 0 Å². The number of nitrogens with zero attached hydrogens (tertiary/aromatic N) is 2. The molecule has 3 fully saturated rings. The number of carbonyl (C=O) groups is 1. The molecule has 0 spiro atoms. The molecule has 0 radical (unpaired) electrons. The molecule has 0 bridgehead atoms. The summed E-state index contributed by atoms with van der Waals surface area (Å²) in [6.45, 7) is 8.75. The predicted octanol–water partition coefficient (Wildman–Crippen LogP) is 1.32. The van der Waals surface area contributed by atoms with Gasteiger partial charge in [-0.1, -0.05) is 13.3 Å². The minimum Gasteiger partial charge on any atom is -0.338 e. The van der Waals surface area contributed by atoms with Gasteiger partial charge in [-0.3, -0.25) is 4.79 Å². The molecular formula is C16H29N3O. The monoisotopic (exact) mass is 279 g/mol. The summed E-state index contributed by atoms with van der Waals surface area (Å²) in [5.41, 5.74) is 0. The molecule has 0 saturated carbocycles. The van der Waals surface area contributed by atoms with Crippen LogP contribution in [0.3, 0.4) is 0 Å². The van der Waals surface area contributed by atoms with E-state index in [2.05, 4.69) is 22.0 Å². The molecule has 2 unspecified atom stereocenters. The summed E-state index contributed by atoms with van der Waals surface area (Å²) in [5, 5.41) is 3.29. The average Bonchev–Trinajstić information content (AvgIpc) is 2.85. The van der Waals surface area contributed by atoms with Gasteiger partial charge in [0.25, 0.3) is 0 Å². The van der Waals surface area contributed by atoms with E-state index in [-0.39, 0.29) is 5.92 Å².